The summed E-state index contributed by atoms with van der Waals surface area (Å²) in [4.78, 5) is 16.6. The lowest BCUT2D eigenvalue weighted by molar-refractivity contribution is 0.101. The first-order valence-corrected chi connectivity index (χ1v) is 8.04. The zero-order valence-electron chi connectivity index (χ0n) is 11.5. The second kappa shape index (κ2) is 6.63. The van der Waals surface area contributed by atoms with Gasteiger partial charge in [-0.25, -0.2) is 4.98 Å². The Kier molecular flexibility index (Phi) is 4.40. The van der Waals surface area contributed by atoms with Gasteiger partial charge in [0.1, 0.15) is 11.7 Å². The number of ether oxygens (including phenoxy) is 1. The quantitative estimate of drug-likeness (QED) is 0.942. The molecule has 2 heterocycles. The number of nitrogens with zero attached hydrogens (tertiary/aromatic N) is 1. The highest BCUT2D eigenvalue weighted by Gasteiger charge is 2.21. The molecule has 1 aliphatic rings. The Morgan fingerprint density at radius 3 is 2.86 bits per heavy atom. The van der Waals surface area contributed by atoms with Gasteiger partial charge in [0.25, 0.3) is 5.91 Å². The molecule has 1 unspecified atom stereocenters. The molecular formula is C16H16N2O2S. The fraction of sp³-hybridized carbons (Fsp3) is 0.250. The maximum Gasteiger partial charge on any atom is 0.261 e. The molecule has 0 bridgehead atoms. The Morgan fingerprint density at radius 1 is 1.24 bits per heavy atom. The summed E-state index contributed by atoms with van der Waals surface area (Å²) in [6, 6.07) is 12.9. The molecule has 0 saturated carbocycles. The van der Waals surface area contributed by atoms with Crippen LogP contribution >= 0.6 is 11.8 Å². The fourth-order valence-electron chi connectivity index (χ4n) is 2.14. The Hall–Kier alpha value is -2.01. The second-order valence-corrected chi connectivity index (χ2v) is 5.93. The summed E-state index contributed by atoms with van der Waals surface area (Å²) in [5.41, 5.74) is 1.23. The summed E-state index contributed by atoms with van der Waals surface area (Å²) < 4.78 is 5.87. The molecule has 1 saturated heterocycles. The molecule has 4 nitrogen and oxygen atoms in total. The van der Waals surface area contributed by atoms with Crippen LogP contribution in [0.15, 0.2) is 48.7 Å². The standard InChI is InChI=1S/C16H16N2O2S/c19-15(18-12-5-2-1-3-6-12)14-7-4-9-17-16(14)20-13-8-10-21-11-13/h1-7,9,13H,8,10-11H2,(H,18,19). The number of thioether (sulfide) groups is 1. The Labute approximate surface area is 127 Å². The van der Waals surface area contributed by atoms with E-state index in [0.717, 1.165) is 23.6 Å². The number of pyridine rings is 1. The molecule has 108 valence electrons. The predicted molar refractivity (Wildman–Crippen MR) is 85.0 cm³/mol. The number of nitrogens with one attached hydrogen (secondary N) is 1. The average molecular weight is 300 g/mol. The number of aromatic nitrogens is 1. The third-order valence-electron chi connectivity index (χ3n) is 3.21. The molecular weight excluding hydrogens is 284 g/mol. The van der Waals surface area contributed by atoms with Gasteiger partial charge in [0.2, 0.25) is 5.88 Å². The second-order valence-electron chi connectivity index (χ2n) is 4.78. The van der Waals surface area contributed by atoms with Crippen LogP contribution in [0.4, 0.5) is 5.69 Å². The minimum atomic E-state index is -0.199. The molecule has 21 heavy (non-hydrogen) atoms. The first-order chi connectivity index (χ1) is 10.3. The van der Waals surface area contributed by atoms with E-state index in [4.69, 9.17) is 4.74 Å². The van der Waals surface area contributed by atoms with Crippen LogP contribution in [0.2, 0.25) is 0 Å². The van der Waals surface area contributed by atoms with Crippen LogP contribution in [-0.4, -0.2) is 28.5 Å². The molecule has 0 aliphatic carbocycles. The fourth-order valence-corrected chi connectivity index (χ4v) is 3.23. The number of carbonyl (C=O) groups is 1. The summed E-state index contributed by atoms with van der Waals surface area (Å²) in [5.74, 6) is 2.27. The highest BCUT2D eigenvalue weighted by molar-refractivity contribution is 7.99. The lowest BCUT2D eigenvalue weighted by Crippen LogP contribution is -2.20. The van der Waals surface area contributed by atoms with Gasteiger partial charge >= 0.3 is 0 Å². The van der Waals surface area contributed by atoms with Gasteiger partial charge in [0.15, 0.2) is 0 Å². The van der Waals surface area contributed by atoms with Crippen molar-refractivity contribution in [1.29, 1.82) is 0 Å². The number of para-hydroxylation sites is 1. The molecule has 5 heteroatoms. The topological polar surface area (TPSA) is 51.2 Å². The van der Waals surface area contributed by atoms with E-state index < -0.39 is 0 Å². The summed E-state index contributed by atoms with van der Waals surface area (Å²) in [6.45, 7) is 0. The van der Waals surface area contributed by atoms with Gasteiger partial charge in [-0.3, -0.25) is 4.79 Å². The van der Waals surface area contributed by atoms with Crippen molar-refractivity contribution < 1.29 is 9.53 Å². The maximum absolute atomic E-state index is 12.4. The van der Waals surface area contributed by atoms with Crippen molar-refractivity contribution in [1.82, 2.24) is 4.98 Å². The van der Waals surface area contributed by atoms with Crippen molar-refractivity contribution in [2.24, 2.45) is 0 Å². The van der Waals surface area contributed by atoms with Gasteiger partial charge in [-0.05, 0) is 36.4 Å². The van der Waals surface area contributed by atoms with Crippen LogP contribution in [0.5, 0.6) is 5.88 Å². The van der Waals surface area contributed by atoms with E-state index in [1.54, 1.807) is 18.3 Å². The molecule has 3 rings (SSSR count). The average Bonchev–Trinajstić information content (AvgIpc) is 3.02. The van der Waals surface area contributed by atoms with Crippen LogP contribution in [-0.2, 0) is 0 Å². The molecule has 1 aliphatic heterocycles. The number of hydrogen-bond donors (Lipinski definition) is 1. The van der Waals surface area contributed by atoms with Gasteiger partial charge in [0, 0.05) is 17.6 Å². The number of hydrogen-bond acceptors (Lipinski definition) is 4. The highest BCUT2D eigenvalue weighted by atomic mass is 32.2. The van der Waals surface area contributed by atoms with E-state index in [1.807, 2.05) is 42.1 Å². The van der Waals surface area contributed by atoms with Crippen LogP contribution < -0.4 is 10.1 Å². The van der Waals surface area contributed by atoms with E-state index in [0.29, 0.717) is 11.4 Å². The van der Waals surface area contributed by atoms with Crippen molar-refractivity contribution >= 4 is 23.4 Å². The van der Waals surface area contributed by atoms with Crippen LogP contribution in [0.1, 0.15) is 16.8 Å². The first-order valence-electron chi connectivity index (χ1n) is 6.89. The van der Waals surface area contributed by atoms with Crippen molar-refractivity contribution in [3.63, 3.8) is 0 Å². The minimum absolute atomic E-state index is 0.146. The zero-order chi connectivity index (χ0) is 14.5. The summed E-state index contributed by atoms with van der Waals surface area (Å²) in [5, 5.41) is 2.86. The molecule has 2 aromatic rings. The molecule has 1 amide bonds. The molecule has 1 aromatic carbocycles. The SMILES string of the molecule is O=C(Nc1ccccc1)c1cccnc1OC1CCSC1. The van der Waals surface area contributed by atoms with E-state index >= 15 is 0 Å². The number of benzene rings is 1. The molecule has 0 spiro atoms. The number of anilines is 1. The van der Waals surface area contributed by atoms with Crippen LogP contribution in [0.25, 0.3) is 0 Å². The first kappa shape index (κ1) is 13.9. The predicted octanol–water partition coefficient (Wildman–Crippen LogP) is 3.22. The third-order valence-corrected chi connectivity index (χ3v) is 4.35. The monoisotopic (exact) mass is 300 g/mol. The molecule has 1 atom stereocenters. The van der Waals surface area contributed by atoms with Gasteiger partial charge in [-0.15, -0.1) is 0 Å². The summed E-state index contributed by atoms with van der Waals surface area (Å²) >= 11 is 1.86. The van der Waals surface area contributed by atoms with Gasteiger partial charge < -0.3 is 10.1 Å². The minimum Gasteiger partial charge on any atom is -0.473 e. The van der Waals surface area contributed by atoms with E-state index in [-0.39, 0.29) is 12.0 Å². The maximum atomic E-state index is 12.4. The smallest absolute Gasteiger partial charge is 0.261 e. The van der Waals surface area contributed by atoms with Crippen LogP contribution in [0.3, 0.4) is 0 Å². The number of amides is 1. The zero-order valence-corrected chi connectivity index (χ0v) is 12.3. The Bertz CT molecular complexity index is 613. The summed E-state index contributed by atoms with van der Waals surface area (Å²) in [7, 11) is 0. The summed E-state index contributed by atoms with van der Waals surface area (Å²) in [6.07, 6.45) is 2.80. The van der Waals surface area contributed by atoms with E-state index in [9.17, 15) is 4.79 Å². The normalized spacial score (nSPS) is 17.4. The van der Waals surface area contributed by atoms with Gasteiger partial charge in [-0.2, -0.15) is 11.8 Å². The van der Waals surface area contributed by atoms with Crippen molar-refractivity contribution in [3.8, 4) is 5.88 Å². The lowest BCUT2D eigenvalue weighted by Gasteiger charge is -2.14. The molecule has 1 aromatic heterocycles. The van der Waals surface area contributed by atoms with Gasteiger partial charge in [0.05, 0.1) is 0 Å². The van der Waals surface area contributed by atoms with E-state index in [2.05, 4.69) is 10.3 Å². The van der Waals surface area contributed by atoms with Crippen molar-refractivity contribution in [2.45, 2.75) is 12.5 Å². The van der Waals surface area contributed by atoms with Crippen LogP contribution in [0, 0.1) is 0 Å². The molecule has 1 N–H and O–H groups in total. The molecule has 0 radical (unpaired) electrons. The number of carbonyl (C=O) groups excluding carboxylic acids is 1. The Balaban J connectivity index is 1.76. The number of rotatable bonds is 4. The highest BCUT2D eigenvalue weighted by Crippen LogP contribution is 2.24. The van der Waals surface area contributed by atoms with Crippen molar-refractivity contribution in [2.75, 3.05) is 16.8 Å². The van der Waals surface area contributed by atoms with Gasteiger partial charge in [-0.1, -0.05) is 18.2 Å². The third kappa shape index (κ3) is 3.55. The Morgan fingerprint density at radius 2 is 2.10 bits per heavy atom. The largest absolute Gasteiger partial charge is 0.473 e. The molecule has 1 fully saturated rings. The van der Waals surface area contributed by atoms with Crippen molar-refractivity contribution in [3.05, 3.63) is 54.2 Å². The lowest BCUT2D eigenvalue weighted by atomic mass is 10.2. The van der Waals surface area contributed by atoms with E-state index in [1.165, 1.54) is 0 Å².